The Balaban J connectivity index is 1.95. The molecule has 0 bridgehead atoms. The summed E-state index contributed by atoms with van der Waals surface area (Å²) >= 11 is 6.22. The zero-order chi connectivity index (χ0) is 15.4. The molecule has 0 aliphatic rings. The fourth-order valence-corrected chi connectivity index (χ4v) is 2.53. The predicted molar refractivity (Wildman–Crippen MR) is 88.8 cm³/mol. The maximum absolute atomic E-state index is 6.22. The molecule has 0 aliphatic carbocycles. The minimum Gasteiger partial charge on any atom is -0.314 e. The smallest absolute Gasteiger partial charge is 0.117 e. The van der Waals surface area contributed by atoms with E-state index in [1.165, 1.54) is 0 Å². The molecule has 1 aromatic heterocycles. The van der Waals surface area contributed by atoms with Crippen molar-refractivity contribution in [2.75, 3.05) is 7.05 Å². The highest BCUT2D eigenvalue weighted by Crippen LogP contribution is 2.21. The first-order chi connectivity index (χ1) is 10.8. The van der Waals surface area contributed by atoms with Crippen LogP contribution in [0.15, 0.2) is 54.6 Å². The summed E-state index contributed by atoms with van der Waals surface area (Å²) in [5, 5.41) is 13.1. The Morgan fingerprint density at radius 3 is 2.45 bits per heavy atom. The fourth-order valence-electron chi connectivity index (χ4n) is 2.34. The van der Waals surface area contributed by atoms with Crippen LogP contribution < -0.4 is 5.32 Å². The molecule has 5 heteroatoms. The second kappa shape index (κ2) is 6.73. The van der Waals surface area contributed by atoms with Crippen LogP contribution in [0.3, 0.4) is 0 Å². The van der Waals surface area contributed by atoms with Crippen molar-refractivity contribution < 1.29 is 0 Å². The maximum Gasteiger partial charge on any atom is 0.117 e. The van der Waals surface area contributed by atoms with Gasteiger partial charge in [-0.3, -0.25) is 0 Å². The first-order valence-corrected chi connectivity index (χ1v) is 7.53. The third-order valence-corrected chi connectivity index (χ3v) is 3.75. The van der Waals surface area contributed by atoms with E-state index < -0.39 is 0 Å². The van der Waals surface area contributed by atoms with Crippen molar-refractivity contribution in [1.82, 2.24) is 20.3 Å². The van der Waals surface area contributed by atoms with Gasteiger partial charge in [-0.15, -0.1) is 0 Å². The highest BCUT2D eigenvalue weighted by atomic mass is 35.5. The minimum absolute atomic E-state index is 0.559. The summed E-state index contributed by atoms with van der Waals surface area (Å²) in [5.74, 6) is 0. The molecule has 1 N–H and O–H groups in total. The van der Waals surface area contributed by atoms with Crippen molar-refractivity contribution in [3.05, 3.63) is 70.9 Å². The Bertz CT molecular complexity index is 752. The average molecular weight is 313 g/mol. The Labute approximate surface area is 134 Å². The van der Waals surface area contributed by atoms with E-state index >= 15 is 0 Å². The van der Waals surface area contributed by atoms with Gasteiger partial charge in [0.15, 0.2) is 0 Å². The van der Waals surface area contributed by atoms with Crippen molar-refractivity contribution in [3.63, 3.8) is 0 Å². The van der Waals surface area contributed by atoms with Crippen LogP contribution in [0.25, 0.3) is 11.3 Å². The van der Waals surface area contributed by atoms with Gasteiger partial charge in [-0.1, -0.05) is 60.1 Å². The lowest BCUT2D eigenvalue weighted by atomic mass is 10.1. The van der Waals surface area contributed by atoms with Gasteiger partial charge in [0.25, 0.3) is 0 Å². The number of nitrogens with zero attached hydrogens (tertiary/aromatic N) is 3. The first-order valence-electron chi connectivity index (χ1n) is 7.15. The van der Waals surface area contributed by atoms with Crippen LogP contribution in [0.5, 0.6) is 0 Å². The van der Waals surface area contributed by atoms with E-state index in [0.717, 1.165) is 27.5 Å². The summed E-state index contributed by atoms with van der Waals surface area (Å²) in [6.45, 7) is 1.23. The number of hydrogen-bond donors (Lipinski definition) is 1. The Morgan fingerprint density at radius 2 is 1.73 bits per heavy atom. The molecule has 0 aliphatic heterocycles. The zero-order valence-electron chi connectivity index (χ0n) is 12.3. The van der Waals surface area contributed by atoms with Gasteiger partial charge in [0.05, 0.1) is 6.54 Å². The van der Waals surface area contributed by atoms with Gasteiger partial charge in [0.2, 0.25) is 0 Å². The minimum atomic E-state index is 0.559. The fraction of sp³-hybridized carbons (Fsp3) is 0.176. The van der Waals surface area contributed by atoms with Crippen molar-refractivity contribution in [2.24, 2.45) is 0 Å². The number of benzene rings is 2. The molecule has 4 nitrogen and oxygen atoms in total. The number of nitrogens with one attached hydrogen (secondary N) is 1. The quantitative estimate of drug-likeness (QED) is 0.785. The van der Waals surface area contributed by atoms with Crippen molar-refractivity contribution in [3.8, 4) is 11.3 Å². The van der Waals surface area contributed by atoms with Crippen molar-refractivity contribution in [1.29, 1.82) is 0 Å². The lowest BCUT2D eigenvalue weighted by molar-refractivity contribution is 0.582. The second-order valence-corrected chi connectivity index (χ2v) is 5.42. The molecular formula is C17H17ClN4. The molecule has 0 saturated heterocycles. The highest BCUT2D eigenvalue weighted by molar-refractivity contribution is 6.31. The molecule has 112 valence electrons. The number of hydrogen-bond acceptors (Lipinski definition) is 3. The number of aromatic nitrogens is 3. The third kappa shape index (κ3) is 3.18. The van der Waals surface area contributed by atoms with E-state index in [0.29, 0.717) is 13.1 Å². The monoisotopic (exact) mass is 312 g/mol. The van der Waals surface area contributed by atoms with Gasteiger partial charge in [-0.25, -0.2) is 0 Å². The summed E-state index contributed by atoms with van der Waals surface area (Å²) in [4.78, 5) is 1.70. The van der Waals surface area contributed by atoms with Gasteiger partial charge in [0.1, 0.15) is 11.4 Å². The molecule has 0 fully saturated rings. The molecule has 1 heterocycles. The van der Waals surface area contributed by atoms with Gasteiger partial charge in [0, 0.05) is 17.1 Å². The first kappa shape index (κ1) is 14.8. The van der Waals surface area contributed by atoms with Crippen LogP contribution in [-0.4, -0.2) is 22.0 Å². The van der Waals surface area contributed by atoms with E-state index in [2.05, 4.69) is 15.5 Å². The number of rotatable bonds is 5. The van der Waals surface area contributed by atoms with E-state index in [1.54, 1.807) is 4.80 Å². The molecule has 2 aromatic carbocycles. The molecule has 0 amide bonds. The standard InChI is InChI=1S/C17H17ClN4/c1-19-11-16-17(13-7-3-2-4-8-13)21-22(20-16)12-14-9-5-6-10-15(14)18/h2-10,19H,11-12H2,1H3. The summed E-state index contributed by atoms with van der Waals surface area (Å²) in [6, 6.07) is 17.9. The predicted octanol–water partition coefficient (Wildman–Crippen LogP) is 3.37. The molecule has 0 unspecified atom stereocenters. The third-order valence-electron chi connectivity index (χ3n) is 3.39. The lowest BCUT2D eigenvalue weighted by Crippen LogP contribution is -2.08. The molecule has 3 rings (SSSR count). The van der Waals surface area contributed by atoms with E-state index in [1.807, 2.05) is 61.6 Å². The Hall–Kier alpha value is -2.17. The SMILES string of the molecule is CNCc1nn(Cc2ccccc2Cl)nc1-c1ccccc1. The lowest BCUT2D eigenvalue weighted by Gasteiger charge is -2.02. The van der Waals surface area contributed by atoms with E-state index in [4.69, 9.17) is 11.6 Å². The van der Waals surface area contributed by atoms with E-state index in [-0.39, 0.29) is 0 Å². The van der Waals surface area contributed by atoms with Gasteiger partial charge >= 0.3 is 0 Å². The molecule has 0 atom stereocenters. The van der Waals surface area contributed by atoms with Gasteiger partial charge < -0.3 is 5.32 Å². The van der Waals surface area contributed by atoms with Crippen LogP contribution in [0.4, 0.5) is 0 Å². The van der Waals surface area contributed by atoms with E-state index in [9.17, 15) is 0 Å². The zero-order valence-corrected chi connectivity index (χ0v) is 13.1. The molecule has 0 radical (unpaired) electrons. The topological polar surface area (TPSA) is 42.7 Å². The molecule has 0 saturated carbocycles. The van der Waals surface area contributed by atoms with Crippen LogP contribution in [-0.2, 0) is 13.1 Å². The van der Waals surface area contributed by atoms with Crippen molar-refractivity contribution in [2.45, 2.75) is 13.1 Å². The molecule has 3 aromatic rings. The molecular weight excluding hydrogens is 296 g/mol. The van der Waals surface area contributed by atoms with Crippen LogP contribution in [0.2, 0.25) is 5.02 Å². The van der Waals surface area contributed by atoms with Gasteiger partial charge in [-0.2, -0.15) is 15.0 Å². The second-order valence-electron chi connectivity index (χ2n) is 5.01. The normalized spacial score (nSPS) is 10.8. The average Bonchev–Trinajstić information content (AvgIpc) is 2.94. The summed E-state index contributed by atoms with van der Waals surface area (Å²) in [6.07, 6.45) is 0. The molecule has 22 heavy (non-hydrogen) atoms. The van der Waals surface area contributed by atoms with Crippen LogP contribution >= 0.6 is 11.6 Å². The Morgan fingerprint density at radius 1 is 1.00 bits per heavy atom. The largest absolute Gasteiger partial charge is 0.314 e. The molecule has 0 spiro atoms. The summed E-state index contributed by atoms with van der Waals surface area (Å²) in [5.41, 5.74) is 3.91. The number of halogens is 1. The highest BCUT2D eigenvalue weighted by Gasteiger charge is 2.13. The summed E-state index contributed by atoms with van der Waals surface area (Å²) in [7, 11) is 1.90. The van der Waals surface area contributed by atoms with Crippen molar-refractivity contribution >= 4 is 11.6 Å². The van der Waals surface area contributed by atoms with Gasteiger partial charge in [-0.05, 0) is 18.7 Å². The van der Waals surface area contributed by atoms with Crippen LogP contribution in [0.1, 0.15) is 11.3 Å². The maximum atomic E-state index is 6.22. The Kier molecular flexibility index (Phi) is 4.51. The van der Waals surface area contributed by atoms with Crippen LogP contribution in [0, 0.1) is 0 Å². The summed E-state index contributed by atoms with van der Waals surface area (Å²) < 4.78 is 0.